The van der Waals surface area contributed by atoms with E-state index in [4.69, 9.17) is 10.4 Å². The minimum absolute atomic E-state index is 0.100. The highest BCUT2D eigenvalue weighted by Crippen LogP contribution is 2.22. The fourth-order valence-corrected chi connectivity index (χ4v) is 5.42. The second kappa shape index (κ2) is 8.94. The van der Waals surface area contributed by atoms with E-state index >= 15 is 0 Å². The monoisotopic (exact) mass is 464 g/mol. The van der Waals surface area contributed by atoms with E-state index in [-0.39, 0.29) is 26.2 Å². The molecule has 0 unspecified atom stereocenters. The topological polar surface area (TPSA) is 97.3 Å². The molecule has 0 aliphatic rings. The van der Waals surface area contributed by atoms with Gasteiger partial charge >= 0.3 is 0 Å². The smallest absolute Gasteiger partial charge is 0.267 e. The zero-order valence-corrected chi connectivity index (χ0v) is 19.9. The van der Waals surface area contributed by atoms with Crippen LogP contribution in [-0.4, -0.2) is 22.4 Å². The van der Waals surface area contributed by atoms with Crippen LogP contribution in [0.25, 0.3) is 16.7 Å². The van der Waals surface area contributed by atoms with Crippen molar-refractivity contribution in [3.05, 3.63) is 75.6 Å². The zero-order chi connectivity index (χ0) is 23.8. The first-order valence-electron chi connectivity index (χ1n) is 11.2. The number of aryl methyl sites for hydroxylation is 3. The van der Waals surface area contributed by atoms with E-state index in [2.05, 4.69) is 6.92 Å². The molecule has 1 N–H and O–H groups in total. The Bertz CT molecular complexity index is 1570. The van der Waals surface area contributed by atoms with Crippen LogP contribution in [0, 0.1) is 19.3 Å². The molecule has 0 atom stereocenters. The van der Waals surface area contributed by atoms with E-state index in [1.54, 1.807) is 29.0 Å². The summed E-state index contributed by atoms with van der Waals surface area (Å²) < 4.78 is 30.0. The molecule has 0 aliphatic heterocycles. The number of hydrogen-bond acceptors (Lipinski definition) is 5. The van der Waals surface area contributed by atoms with Crippen molar-refractivity contribution in [2.75, 3.05) is 0 Å². The molecule has 4 rings (SSSR count). The van der Waals surface area contributed by atoms with Gasteiger partial charge in [0, 0.05) is 12.7 Å². The molecule has 0 spiro atoms. The van der Waals surface area contributed by atoms with Gasteiger partial charge in [0.2, 0.25) is 9.84 Å². The van der Waals surface area contributed by atoms with Gasteiger partial charge in [-0.3, -0.25) is 14.6 Å². The third-order valence-corrected chi connectivity index (χ3v) is 7.74. The number of hydrogen-bond donors (Lipinski definition) is 1. The zero-order valence-electron chi connectivity index (χ0n) is 19.1. The first-order valence-corrected chi connectivity index (χ1v) is 12.7. The average molecular weight is 465 g/mol. The number of nitrogens with one attached hydrogen (secondary N) is 1. The Labute approximate surface area is 192 Å². The lowest BCUT2D eigenvalue weighted by Crippen LogP contribution is -2.30. The van der Waals surface area contributed by atoms with E-state index in [0.29, 0.717) is 17.8 Å². The Morgan fingerprint density at radius 1 is 1.00 bits per heavy atom. The molecule has 33 heavy (non-hydrogen) atoms. The predicted octanol–water partition coefficient (Wildman–Crippen LogP) is 4.16. The predicted molar refractivity (Wildman–Crippen MR) is 128 cm³/mol. The summed E-state index contributed by atoms with van der Waals surface area (Å²) in [5, 5.41) is 9.01. The highest BCUT2D eigenvalue weighted by Gasteiger charge is 2.24. The maximum atomic E-state index is 13.5. The van der Waals surface area contributed by atoms with Gasteiger partial charge in [-0.15, -0.1) is 0 Å². The van der Waals surface area contributed by atoms with Gasteiger partial charge in [-0.1, -0.05) is 49.9 Å². The van der Waals surface area contributed by atoms with Gasteiger partial charge in [-0.05, 0) is 50.1 Å². The SMILES string of the molecule is CCCCCCn1c(=N)c(S(=O)(=O)c2ccc(C)cc2)cc2c(=O)n3cccc(C)c3nc21. The van der Waals surface area contributed by atoms with Gasteiger partial charge in [-0.25, -0.2) is 13.4 Å². The number of benzene rings is 1. The van der Waals surface area contributed by atoms with Gasteiger partial charge in [-0.2, -0.15) is 0 Å². The molecule has 0 radical (unpaired) electrons. The molecule has 172 valence electrons. The van der Waals surface area contributed by atoms with Gasteiger partial charge in [0.1, 0.15) is 21.7 Å². The van der Waals surface area contributed by atoms with Crippen LogP contribution in [0.4, 0.5) is 0 Å². The van der Waals surface area contributed by atoms with Crippen molar-refractivity contribution < 1.29 is 8.42 Å². The van der Waals surface area contributed by atoms with E-state index < -0.39 is 9.84 Å². The molecule has 1 aromatic carbocycles. The molecule has 0 amide bonds. The third-order valence-electron chi connectivity index (χ3n) is 5.95. The van der Waals surface area contributed by atoms with Crippen LogP contribution in [0.15, 0.2) is 63.2 Å². The molecule has 4 aromatic rings. The van der Waals surface area contributed by atoms with E-state index in [0.717, 1.165) is 36.8 Å². The third kappa shape index (κ3) is 4.11. The quantitative estimate of drug-likeness (QED) is 0.328. The van der Waals surface area contributed by atoms with E-state index in [1.807, 2.05) is 19.9 Å². The van der Waals surface area contributed by atoms with Gasteiger partial charge in [0.05, 0.1) is 10.3 Å². The number of sulfone groups is 1. The van der Waals surface area contributed by atoms with Gasteiger partial charge in [0.25, 0.3) is 5.56 Å². The largest absolute Gasteiger partial charge is 0.310 e. The molecule has 3 heterocycles. The van der Waals surface area contributed by atoms with Crippen molar-refractivity contribution in [1.82, 2.24) is 14.0 Å². The summed E-state index contributed by atoms with van der Waals surface area (Å²) in [7, 11) is -4.00. The lowest BCUT2D eigenvalue weighted by Gasteiger charge is -2.15. The van der Waals surface area contributed by atoms with Crippen LogP contribution < -0.4 is 11.0 Å². The number of aromatic nitrogens is 3. The summed E-state index contributed by atoms with van der Waals surface area (Å²) in [5.41, 5.74) is 2.13. The summed E-state index contributed by atoms with van der Waals surface area (Å²) >= 11 is 0. The van der Waals surface area contributed by atoms with Crippen molar-refractivity contribution in [2.24, 2.45) is 0 Å². The number of nitrogens with zero attached hydrogens (tertiary/aromatic N) is 3. The molecule has 0 saturated heterocycles. The maximum absolute atomic E-state index is 13.5. The molecule has 7 nitrogen and oxygen atoms in total. The normalized spacial score (nSPS) is 12.0. The molecule has 0 bridgehead atoms. The fourth-order valence-electron chi connectivity index (χ4n) is 4.03. The second-order valence-corrected chi connectivity index (χ2v) is 10.3. The van der Waals surface area contributed by atoms with Crippen molar-refractivity contribution >= 4 is 26.5 Å². The Kier molecular flexibility index (Phi) is 6.21. The highest BCUT2D eigenvalue weighted by atomic mass is 32.2. The molecule has 0 saturated carbocycles. The van der Waals surface area contributed by atoms with E-state index in [9.17, 15) is 13.2 Å². The van der Waals surface area contributed by atoms with E-state index in [1.165, 1.54) is 22.6 Å². The first-order chi connectivity index (χ1) is 15.8. The fraction of sp³-hybridized carbons (Fsp3) is 0.320. The van der Waals surface area contributed by atoms with Gasteiger partial charge in [0.15, 0.2) is 0 Å². The Balaban J connectivity index is 2.04. The second-order valence-electron chi connectivity index (χ2n) is 8.43. The summed E-state index contributed by atoms with van der Waals surface area (Å²) in [4.78, 5) is 18.0. The number of unbranched alkanes of at least 4 members (excludes halogenated alkanes) is 3. The minimum Gasteiger partial charge on any atom is -0.310 e. The molecule has 3 aromatic heterocycles. The Hall–Kier alpha value is -3.26. The Morgan fingerprint density at radius 3 is 2.42 bits per heavy atom. The molecule has 8 heteroatoms. The standard InChI is InChI=1S/C25H28N4O3S/c1-4-5-6-7-14-28-22(26)21(33(31,32)19-12-10-17(2)11-13-19)16-20-24(28)27-23-18(3)9-8-15-29(23)25(20)30/h8-13,15-16,26H,4-7,14H2,1-3H3. The molecular weight excluding hydrogens is 436 g/mol. The summed E-state index contributed by atoms with van der Waals surface area (Å²) in [6.45, 7) is 6.29. The first kappa shape index (κ1) is 22.9. The van der Waals surface area contributed by atoms with Crippen LogP contribution in [0.5, 0.6) is 0 Å². The summed E-state index contributed by atoms with van der Waals surface area (Å²) in [5.74, 6) is 0. The summed E-state index contributed by atoms with van der Waals surface area (Å²) in [6.07, 6.45) is 5.45. The van der Waals surface area contributed by atoms with Crippen LogP contribution in [0.3, 0.4) is 0 Å². The molecule has 0 fully saturated rings. The maximum Gasteiger partial charge on any atom is 0.267 e. The van der Waals surface area contributed by atoms with Crippen LogP contribution in [-0.2, 0) is 16.4 Å². The number of fused-ring (bicyclic) bond motifs is 2. The number of pyridine rings is 2. The lowest BCUT2D eigenvalue weighted by atomic mass is 10.2. The Morgan fingerprint density at radius 2 is 1.73 bits per heavy atom. The van der Waals surface area contributed by atoms with Crippen molar-refractivity contribution in [3.8, 4) is 0 Å². The number of rotatable bonds is 7. The van der Waals surface area contributed by atoms with Crippen LogP contribution in [0.2, 0.25) is 0 Å². The highest BCUT2D eigenvalue weighted by molar-refractivity contribution is 7.91. The molecule has 0 aliphatic carbocycles. The summed E-state index contributed by atoms with van der Waals surface area (Å²) in [6, 6.07) is 11.5. The van der Waals surface area contributed by atoms with Crippen LogP contribution in [0.1, 0.15) is 43.7 Å². The minimum atomic E-state index is -4.00. The van der Waals surface area contributed by atoms with Crippen molar-refractivity contribution in [2.45, 2.75) is 62.8 Å². The molecular formula is C25H28N4O3S. The lowest BCUT2D eigenvalue weighted by molar-refractivity contribution is 0.559. The van der Waals surface area contributed by atoms with Crippen LogP contribution >= 0.6 is 0 Å². The van der Waals surface area contributed by atoms with Crippen molar-refractivity contribution in [3.63, 3.8) is 0 Å². The average Bonchev–Trinajstić information content (AvgIpc) is 2.79. The van der Waals surface area contributed by atoms with Gasteiger partial charge < -0.3 is 4.57 Å². The van der Waals surface area contributed by atoms with Crippen molar-refractivity contribution in [1.29, 1.82) is 5.41 Å².